The predicted octanol–water partition coefficient (Wildman–Crippen LogP) is 1.68. The molecule has 0 saturated heterocycles. The molecule has 1 aromatic rings. The minimum Gasteiger partial charge on any atom is -0.495 e. The predicted molar refractivity (Wildman–Crippen MR) is 54.5 cm³/mol. The SMILES string of the molecule is COc1cc(C#CCC#N)c(F)cc1N. The third-order valence-corrected chi connectivity index (χ3v) is 1.71. The summed E-state index contributed by atoms with van der Waals surface area (Å²) >= 11 is 0. The van der Waals surface area contributed by atoms with Gasteiger partial charge in [0, 0.05) is 12.1 Å². The summed E-state index contributed by atoms with van der Waals surface area (Å²) in [5.74, 6) is 4.91. The normalized spacial score (nSPS) is 8.60. The highest BCUT2D eigenvalue weighted by atomic mass is 19.1. The second-order valence-electron chi connectivity index (χ2n) is 2.71. The molecular formula is C11H9FN2O. The van der Waals surface area contributed by atoms with Gasteiger partial charge in [-0.05, 0) is 0 Å². The quantitative estimate of drug-likeness (QED) is 0.559. The molecule has 0 unspecified atom stereocenters. The van der Waals surface area contributed by atoms with Gasteiger partial charge in [0.05, 0.1) is 30.9 Å². The highest BCUT2D eigenvalue weighted by Gasteiger charge is 2.05. The second kappa shape index (κ2) is 4.88. The molecule has 0 aliphatic heterocycles. The summed E-state index contributed by atoms with van der Waals surface area (Å²) in [4.78, 5) is 0. The number of methoxy groups -OCH3 is 1. The maximum Gasteiger partial charge on any atom is 0.143 e. The Kier molecular flexibility index (Phi) is 3.54. The van der Waals surface area contributed by atoms with Crippen LogP contribution in [0.3, 0.4) is 0 Å². The van der Waals surface area contributed by atoms with E-state index in [1.165, 1.54) is 13.2 Å². The van der Waals surface area contributed by atoms with Crippen LogP contribution in [0, 0.1) is 29.0 Å². The number of anilines is 1. The Bertz CT molecular complexity index is 466. The lowest BCUT2D eigenvalue weighted by Gasteiger charge is -2.04. The first-order valence-corrected chi connectivity index (χ1v) is 4.18. The smallest absolute Gasteiger partial charge is 0.143 e. The fourth-order valence-electron chi connectivity index (χ4n) is 1.02. The first kappa shape index (κ1) is 10.9. The Labute approximate surface area is 87.3 Å². The highest BCUT2D eigenvalue weighted by molar-refractivity contribution is 5.57. The molecule has 0 aromatic heterocycles. The van der Waals surface area contributed by atoms with E-state index in [0.717, 1.165) is 6.07 Å². The molecule has 0 aliphatic carbocycles. The first-order valence-electron chi connectivity index (χ1n) is 4.18. The van der Waals surface area contributed by atoms with E-state index in [1.54, 1.807) is 0 Å². The Morgan fingerprint density at radius 3 is 2.87 bits per heavy atom. The van der Waals surface area contributed by atoms with Gasteiger partial charge in [-0.1, -0.05) is 11.8 Å². The fraction of sp³-hybridized carbons (Fsp3) is 0.182. The molecule has 4 heteroatoms. The number of halogens is 1. The highest BCUT2D eigenvalue weighted by Crippen LogP contribution is 2.24. The minimum atomic E-state index is -0.515. The molecule has 2 N–H and O–H groups in total. The van der Waals surface area contributed by atoms with Gasteiger partial charge in [-0.25, -0.2) is 4.39 Å². The molecule has 76 valence electrons. The van der Waals surface area contributed by atoms with Crippen molar-refractivity contribution >= 4 is 5.69 Å². The summed E-state index contributed by atoms with van der Waals surface area (Å²) in [6.45, 7) is 0. The molecule has 0 saturated carbocycles. The fourth-order valence-corrected chi connectivity index (χ4v) is 1.02. The molecule has 0 heterocycles. The monoisotopic (exact) mass is 204 g/mol. The number of nitrogens with two attached hydrogens (primary N) is 1. The summed E-state index contributed by atoms with van der Waals surface area (Å²) in [6.07, 6.45) is 0.0616. The Hall–Kier alpha value is -2.20. The molecule has 3 nitrogen and oxygen atoms in total. The number of nitrogen functional groups attached to an aromatic ring is 1. The van der Waals surface area contributed by atoms with Crippen molar-refractivity contribution in [3.05, 3.63) is 23.5 Å². The lowest BCUT2D eigenvalue weighted by molar-refractivity contribution is 0.416. The van der Waals surface area contributed by atoms with E-state index in [9.17, 15) is 4.39 Å². The van der Waals surface area contributed by atoms with Crippen LogP contribution in [0.4, 0.5) is 10.1 Å². The molecule has 0 fully saturated rings. The van der Waals surface area contributed by atoms with Gasteiger partial charge in [0.2, 0.25) is 0 Å². The lowest BCUT2D eigenvalue weighted by Crippen LogP contribution is -1.95. The number of nitrogens with zero attached hydrogens (tertiary/aromatic N) is 1. The zero-order valence-electron chi connectivity index (χ0n) is 8.17. The third-order valence-electron chi connectivity index (χ3n) is 1.71. The van der Waals surface area contributed by atoms with Crippen LogP contribution in [0.25, 0.3) is 0 Å². The van der Waals surface area contributed by atoms with Crippen molar-refractivity contribution in [3.63, 3.8) is 0 Å². The summed E-state index contributed by atoms with van der Waals surface area (Å²) in [5.41, 5.74) is 5.89. The van der Waals surface area contributed by atoms with Crippen LogP contribution in [0.15, 0.2) is 12.1 Å². The molecule has 0 bridgehead atoms. The Balaban J connectivity index is 3.10. The molecule has 0 atom stereocenters. The van der Waals surface area contributed by atoms with E-state index < -0.39 is 5.82 Å². The van der Waals surface area contributed by atoms with Crippen molar-refractivity contribution in [1.82, 2.24) is 0 Å². The Morgan fingerprint density at radius 1 is 1.53 bits per heavy atom. The van der Waals surface area contributed by atoms with Crippen molar-refractivity contribution in [2.45, 2.75) is 6.42 Å². The van der Waals surface area contributed by atoms with Gasteiger partial charge >= 0.3 is 0 Å². The molecule has 0 aliphatic rings. The molecule has 1 rings (SSSR count). The van der Waals surface area contributed by atoms with Crippen LogP contribution in [0.5, 0.6) is 5.75 Å². The molecule has 1 aromatic carbocycles. The van der Waals surface area contributed by atoms with Crippen LogP contribution < -0.4 is 10.5 Å². The maximum absolute atomic E-state index is 13.3. The topological polar surface area (TPSA) is 59.0 Å². The van der Waals surface area contributed by atoms with Crippen molar-refractivity contribution in [3.8, 4) is 23.7 Å². The minimum absolute atomic E-state index is 0.0616. The van der Waals surface area contributed by atoms with E-state index in [1.807, 2.05) is 6.07 Å². The van der Waals surface area contributed by atoms with Crippen LogP contribution in [-0.2, 0) is 0 Å². The average molecular weight is 204 g/mol. The van der Waals surface area contributed by atoms with Crippen LogP contribution in [0.2, 0.25) is 0 Å². The molecule has 0 spiro atoms. The van der Waals surface area contributed by atoms with E-state index in [4.69, 9.17) is 15.7 Å². The maximum atomic E-state index is 13.3. The summed E-state index contributed by atoms with van der Waals surface area (Å²) in [6, 6.07) is 4.41. The first-order chi connectivity index (χ1) is 7.19. The average Bonchev–Trinajstić information content (AvgIpc) is 2.21. The number of benzene rings is 1. The van der Waals surface area contributed by atoms with Gasteiger partial charge in [0.1, 0.15) is 11.6 Å². The summed E-state index contributed by atoms with van der Waals surface area (Å²) in [7, 11) is 1.44. The summed E-state index contributed by atoms with van der Waals surface area (Å²) < 4.78 is 18.2. The van der Waals surface area contributed by atoms with Gasteiger partial charge in [-0.2, -0.15) is 5.26 Å². The van der Waals surface area contributed by atoms with E-state index >= 15 is 0 Å². The van der Waals surface area contributed by atoms with Crippen molar-refractivity contribution in [2.24, 2.45) is 0 Å². The van der Waals surface area contributed by atoms with Crippen LogP contribution in [-0.4, -0.2) is 7.11 Å². The molecule has 0 amide bonds. The van der Waals surface area contributed by atoms with Gasteiger partial charge in [0.25, 0.3) is 0 Å². The summed E-state index contributed by atoms with van der Waals surface area (Å²) in [5, 5.41) is 8.27. The van der Waals surface area contributed by atoms with Crippen LogP contribution in [0.1, 0.15) is 12.0 Å². The van der Waals surface area contributed by atoms with E-state index in [-0.39, 0.29) is 17.7 Å². The number of nitriles is 1. The van der Waals surface area contributed by atoms with Crippen molar-refractivity contribution in [1.29, 1.82) is 5.26 Å². The van der Waals surface area contributed by atoms with Crippen molar-refractivity contribution in [2.75, 3.05) is 12.8 Å². The number of hydrogen-bond acceptors (Lipinski definition) is 3. The lowest BCUT2D eigenvalue weighted by atomic mass is 10.1. The van der Waals surface area contributed by atoms with Gasteiger partial charge < -0.3 is 10.5 Å². The second-order valence-corrected chi connectivity index (χ2v) is 2.71. The molecule has 15 heavy (non-hydrogen) atoms. The zero-order valence-corrected chi connectivity index (χ0v) is 8.17. The molecular weight excluding hydrogens is 195 g/mol. The van der Waals surface area contributed by atoms with Gasteiger partial charge in [0.15, 0.2) is 0 Å². The molecule has 0 radical (unpaired) electrons. The third kappa shape index (κ3) is 2.62. The van der Waals surface area contributed by atoms with Crippen molar-refractivity contribution < 1.29 is 9.13 Å². The van der Waals surface area contributed by atoms with Gasteiger partial charge in [-0.15, -0.1) is 0 Å². The Morgan fingerprint density at radius 2 is 2.27 bits per heavy atom. The van der Waals surface area contributed by atoms with E-state index in [2.05, 4.69) is 11.8 Å². The largest absolute Gasteiger partial charge is 0.495 e. The standard InChI is InChI=1S/C11H9FN2O/c1-15-11-6-8(4-2-3-5-13)9(12)7-10(11)14/h6-7H,3,14H2,1H3. The number of rotatable bonds is 1. The zero-order chi connectivity index (χ0) is 11.3. The number of ether oxygens (including phenoxy) is 1. The van der Waals surface area contributed by atoms with E-state index in [0.29, 0.717) is 5.75 Å². The van der Waals surface area contributed by atoms with Gasteiger partial charge in [-0.3, -0.25) is 0 Å². The van der Waals surface area contributed by atoms with Crippen LogP contribution >= 0.6 is 0 Å². The number of hydrogen-bond donors (Lipinski definition) is 1.